The van der Waals surface area contributed by atoms with Crippen LogP contribution in [0.1, 0.15) is 23.2 Å². The zero-order chi connectivity index (χ0) is 17.0. The summed E-state index contributed by atoms with van der Waals surface area (Å²) in [7, 11) is 0. The molecule has 7 heteroatoms. The first-order chi connectivity index (χ1) is 10.9. The fraction of sp³-hybridized carbons (Fsp3) is 0.250. The SMILES string of the molecule is C=CCOC(=O)C1(F)CCC(=O)N(C(=O)c2ccccc2)C1=O. The van der Waals surface area contributed by atoms with Crippen LogP contribution in [0.25, 0.3) is 0 Å². The molecule has 3 amide bonds. The molecule has 1 atom stereocenters. The minimum atomic E-state index is -3.05. The standard InChI is InChI=1S/C16H14FNO5/c1-2-10-23-15(22)16(17)9-8-12(19)18(14(16)21)13(20)11-6-4-3-5-7-11/h2-7H,1,8-10H2. The average molecular weight is 319 g/mol. The van der Waals surface area contributed by atoms with Gasteiger partial charge in [0.25, 0.3) is 17.5 Å². The Morgan fingerprint density at radius 1 is 1.30 bits per heavy atom. The van der Waals surface area contributed by atoms with Crippen LogP contribution in [-0.4, -0.2) is 40.9 Å². The van der Waals surface area contributed by atoms with E-state index < -0.39 is 42.2 Å². The summed E-state index contributed by atoms with van der Waals surface area (Å²) in [6.45, 7) is 3.03. The lowest BCUT2D eigenvalue weighted by Crippen LogP contribution is -2.59. The number of piperidine rings is 1. The third-order valence-corrected chi connectivity index (χ3v) is 3.35. The number of carbonyl (C=O) groups excluding carboxylic acids is 4. The molecule has 6 nitrogen and oxygen atoms in total. The van der Waals surface area contributed by atoms with Crippen molar-refractivity contribution in [1.29, 1.82) is 0 Å². The van der Waals surface area contributed by atoms with Crippen molar-refractivity contribution < 1.29 is 28.3 Å². The van der Waals surface area contributed by atoms with Gasteiger partial charge in [0.1, 0.15) is 6.61 Å². The Kier molecular flexibility index (Phi) is 4.68. The topological polar surface area (TPSA) is 80.8 Å². The Labute approximate surface area is 131 Å². The van der Waals surface area contributed by atoms with E-state index in [1.165, 1.54) is 30.3 Å². The van der Waals surface area contributed by atoms with E-state index in [1.807, 2.05) is 0 Å². The molecule has 1 aromatic rings. The maximum atomic E-state index is 14.8. The van der Waals surface area contributed by atoms with Crippen LogP contribution in [0.4, 0.5) is 4.39 Å². The molecule has 1 unspecified atom stereocenters. The number of esters is 1. The van der Waals surface area contributed by atoms with Gasteiger partial charge in [0.2, 0.25) is 5.91 Å². The summed E-state index contributed by atoms with van der Waals surface area (Å²) < 4.78 is 19.3. The van der Waals surface area contributed by atoms with E-state index in [1.54, 1.807) is 6.07 Å². The number of alkyl halides is 1. The first-order valence-corrected chi connectivity index (χ1v) is 6.85. The quantitative estimate of drug-likeness (QED) is 0.363. The number of likely N-dealkylation sites (tertiary alicyclic amines) is 1. The molecule has 1 heterocycles. The summed E-state index contributed by atoms with van der Waals surface area (Å²) in [6, 6.07) is 7.48. The Hall–Kier alpha value is -2.83. The Morgan fingerprint density at radius 3 is 2.57 bits per heavy atom. The fourth-order valence-electron chi connectivity index (χ4n) is 2.14. The van der Waals surface area contributed by atoms with Crippen molar-refractivity contribution in [3.05, 3.63) is 48.6 Å². The van der Waals surface area contributed by atoms with Crippen molar-refractivity contribution in [1.82, 2.24) is 4.90 Å². The highest BCUT2D eigenvalue weighted by molar-refractivity contribution is 6.24. The molecule has 0 aliphatic carbocycles. The van der Waals surface area contributed by atoms with Crippen LogP contribution < -0.4 is 0 Å². The second-order valence-corrected chi connectivity index (χ2v) is 4.89. The third kappa shape index (κ3) is 3.03. The lowest BCUT2D eigenvalue weighted by atomic mass is 9.92. The monoisotopic (exact) mass is 319 g/mol. The highest BCUT2D eigenvalue weighted by atomic mass is 19.1. The highest BCUT2D eigenvalue weighted by Crippen LogP contribution is 2.30. The van der Waals surface area contributed by atoms with Gasteiger partial charge in [-0.05, 0) is 12.1 Å². The molecule has 0 aromatic heterocycles. The van der Waals surface area contributed by atoms with Gasteiger partial charge in [0.15, 0.2) is 0 Å². The molecular formula is C16H14FNO5. The summed E-state index contributed by atoms with van der Waals surface area (Å²) in [5, 5.41) is 0. The molecule has 23 heavy (non-hydrogen) atoms. The third-order valence-electron chi connectivity index (χ3n) is 3.35. The number of ether oxygens (including phenoxy) is 1. The number of rotatable bonds is 4. The van der Waals surface area contributed by atoms with E-state index in [2.05, 4.69) is 11.3 Å². The number of hydrogen-bond donors (Lipinski definition) is 0. The normalized spacial score (nSPS) is 21.0. The Morgan fingerprint density at radius 2 is 1.96 bits per heavy atom. The molecule has 1 saturated heterocycles. The van der Waals surface area contributed by atoms with Gasteiger partial charge in [0.05, 0.1) is 0 Å². The van der Waals surface area contributed by atoms with Crippen LogP contribution in [0.15, 0.2) is 43.0 Å². The number of imide groups is 3. The van der Waals surface area contributed by atoms with Gasteiger partial charge in [-0.3, -0.25) is 14.4 Å². The van der Waals surface area contributed by atoms with Crippen LogP contribution >= 0.6 is 0 Å². The molecule has 1 fully saturated rings. The number of benzene rings is 1. The van der Waals surface area contributed by atoms with E-state index in [4.69, 9.17) is 0 Å². The molecular weight excluding hydrogens is 305 g/mol. The molecule has 1 aliphatic rings. The van der Waals surface area contributed by atoms with Crippen molar-refractivity contribution >= 4 is 23.7 Å². The molecule has 0 radical (unpaired) electrons. The smallest absolute Gasteiger partial charge is 0.354 e. The molecule has 1 aromatic carbocycles. The molecule has 2 rings (SSSR count). The van der Waals surface area contributed by atoms with Crippen molar-refractivity contribution in [2.45, 2.75) is 18.5 Å². The van der Waals surface area contributed by atoms with Crippen molar-refractivity contribution in [2.24, 2.45) is 0 Å². The summed E-state index contributed by atoms with van der Waals surface area (Å²) in [5.41, 5.74) is -3.01. The number of nitrogens with zero attached hydrogens (tertiary/aromatic N) is 1. The molecule has 0 bridgehead atoms. The summed E-state index contributed by atoms with van der Waals surface area (Å²) in [4.78, 5) is 48.4. The van der Waals surface area contributed by atoms with Crippen molar-refractivity contribution in [3.63, 3.8) is 0 Å². The molecule has 0 spiro atoms. The maximum Gasteiger partial charge on any atom is 0.354 e. The largest absolute Gasteiger partial charge is 0.459 e. The predicted octanol–water partition coefficient (Wildman–Crippen LogP) is 1.41. The number of amides is 3. The van der Waals surface area contributed by atoms with E-state index in [-0.39, 0.29) is 17.1 Å². The second-order valence-electron chi connectivity index (χ2n) is 4.89. The van der Waals surface area contributed by atoms with Crippen LogP contribution in [0.5, 0.6) is 0 Å². The lowest BCUT2D eigenvalue weighted by molar-refractivity contribution is -0.171. The minimum absolute atomic E-state index is 0.0397. The van der Waals surface area contributed by atoms with Crippen LogP contribution in [0, 0.1) is 0 Å². The van der Waals surface area contributed by atoms with Crippen molar-refractivity contribution in [2.75, 3.05) is 6.61 Å². The molecule has 1 aliphatic heterocycles. The number of carbonyl (C=O) groups is 4. The van der Waals surface area contributed by atoms with Gasteiger partial charge in [-0.1, -0.05) is 30.9 Å². The van der Waals surface area contributed by atoms with E-state index in [0.717, 1.165) is 0 Å². The maximum absolute atomic E-state index is 14.8. The Bertz CT molecular complexity index is 672. The number of hydrogen-bond acceptors (Lipinski definition) is 5. The molecule has 0 saturated carbocycles. The van der Waals surface area contributed by atoms with Crippen LogP contribution in [-0.2, 0) is 19.1 Å². The second kappa shape index (κ2) is 6.51. The van der Waals surface area contributed by atoms with Gasteiger partial charge >= 0.3 is 5.97 Å². The van der Waals surface area contributed by atoms with Gasteiger partial charge in [-0.25, -0.2) is 14.1 Å². The van der Waals surface area contributed by atoms with E-state index in [9.17, 15) is 23.6 Å². The van der Waals surface area contributed by atoms with Crippen molar-refractivity contribution in [3.8, 4) is 0 Å². The molecule has 0 N–H and O–H groups in total. The minimum Gasteiger partial charge on any atom is -0.459 e. The van der Waals surface area contributed by atoms with Gasteiger partial charge in [0, 0.05) is 18.4 Å². The first kappa shape index (κ1) is 16.5. The predicted molar refractivity (Wildman–Crippen MR) is 76.9 cm³/mol. The lowest BCUT2D eigenvalue weighted by Gasteiger charge is -2.32. The molecule has 120 valence electrons. The first-order valence-electron chi connectivity index (χ1n) is 6.85. The van der Waals surface area contributed by atoms with E-state index >= 15 is 0 Å². The zero-order valence-electron chi connectivity index (χ0n) is 12.2. The van der Waals surface area contributed by atoms with Gasteiger partial charge < -0.3 is 4.74 Å². The zero-order valence-corrected chi connectivity index (χ0v) is 12.2. The average Bonchev–Trinajstić information content (AvgIpc) is 2.57. The van der Waals surface area contributed by atoms with Crippen LogP contribution in [0.2, 0.25) is 0 Å². The van der Waals surface area contributed by atoms with Gasteiger partial charge in [-0.15, -0.1) is 0 Å². The number of halogens is 1. The van der Waals surface area contributed by atoms with Gasteiger partial charge in [-0.2, -0.15) is 0 Å². The summed E-state index contributed by atoms with van der Waals surface area (Å²) in [6.07, 6.45) is 0.107. The fourth-order valence-corrected chi connectivity index (χ4v) is 2.14. The Balaban J connectivity index is 2.31. The highest BCUT2D eigenvalue weighted by Gasteiger charge is 2.56. The summed E-state index contributed by atoms with van der Waals surface area (Å²) >= 11 is 0. The van der Waals surface area contributed by atoms with E-state index in [0.29, 0.717) is 0 Å². The summed E-state index contributed by atoms with van der Waals surface area (Å²) in [5.74, 6) is -4.77. The van der Waals surface area contributed by atoms with Crippen LogP contribution in [0.3, 0.4) is 0 Å².